The van der Waals surface area contributed by atoms with Crippen molar-refractivity contribution in [3.05, 3.63) is 100 Å². The fourth-order valence-corrected chi connectivity index (χ4v) is 4.34. The number of sulfonamides is 1. The van der Waals surface area contributed by atoms with Crippen molar-refractivity contribution in [2.75, 3.05) is 17.1 Å². The second kappa shape index (κ2) is 10.5. The monoisotopic (exact) mass is 510 g/mol. The van der Waals surface area contributed by atoms with Gasteiger partial charge < -0.3 is 5.32 Å². The lowest BCUT2D eigenvalue weighted by Crippen LogP contribution is -2.31. The molecule has 0 aliphatic heterocycles. The molecule has 3 aromatic rings. The zero-order valence-electron chi connectivity index (χ0n) is 18.1. The molecule has 1 amide bonds. The molecule has 34 heavy (non-hydrogen) atoms. The summed E-state index contributed by atoms with van der Waals surface area (Å²) >= 11 is 5.85. The van der Waals surface area contributed by atoms with Gasteiger partial charge in [-0.15, -0.1) is 0 Å². The predicted molar refractivity (Wildman–Crippen MR) is 126 cm³/mol. The van der Waals surface area contributed by atoms with Crippen molar-refractivity contribution >= 4 is 33.2 Å². The molecule has 3 aromatic carbocycles. The van der Waals surface area contributed by atoms with Gasteiger partial charge in [-0.1, -0.05) is 48.0 Å². The van der Waals surface area contributed by atoms with Crippen LogP contribution < -0.4 is 9.62 Å². The van der Waals surface area contributed by atoms with E-state index in [4.69, 9.17) is 11.6 Å². The first-order chi connectivity index (χ1) is 15.9. The summed E-state index contributed by atoms with van der Waals surface area (Å²) in [5, 5.41) is 3.42. The maximum atomic E-state index is 13.4. The van der Waals surface area contributed by atoms with Crippen molar-refractivity contribution in [2.45, 2.75) is 19.1 Å². The van der Waals surface area contributed by atoms with E-state index in [1.165, 1.54) is 36.4 Å². The Balaban J connectivity index is 1.70. The molecule has 180 valence electrons. The van der Waals surface area contributed by atoms with Gasteiger partial charge in [0.15, 0.2) is 0 Å². The van der Waals surface area contributed by atoms with E-state index in [1.54, 1.807) is 12.1 Å². The molecule has 3 rings (SSSR count). The van der Waals surface area contributed by atoms with Gasteiger partial charge in [-0.3, -0.25) is 9.10 Å². The van der Waals surface area contributed by atoms with Crippen LogP contribution in [0.4, 0.5) is 18.9 Å². The minimum absolute atomic E-state index is 0.315. The predicted octanol–water partition coefficient (Wildman–Crippen LogP) is 5.30. The number of halogens is 4. The minimum Gasteiger partial charge on any atom is -0.352 e. The molecule has 0 bridgehead atoms. The summed E-state index contributed by atoms with van der Waals surface area (Å²) in [6.45, 7) is 0.0860. The molecule has 0 aromatic heterocycles. The number of anilines is 1. The van der Waals surface area contributed by atoms with Crippen molar-refractivity contribution < 1.29 is 26.4 Å². The van der Waals surface area contributed by atoms with E-state index in [9.17, 15) is 26.4 Å². The van der Waals surface area contributed by atoms with Crippen LogP contribution in [0.25, 0.3) is 0 Å². The molecule has 0 aliphatic carbocycles. The molecular weight excluding hydrogens is 489 g/mol. The smallest absolute Gasteiger partial charge is 0.352 e. The van der Waals surface area contributed by atoms with Crippen LogP contribution in [-0.2, 0) is 29.2 Å². The fourth-order valence-electron chi connectivity index (χ4n) is 3.31. The van der Waals surface area contributed by atoms with Crippen molar-refractivity contribution in [1.82, 2.24) is 5.32 Å². The number of para-hydroxylation sites is 1. The number of hydrogen-bond donors (Lipinski definition) is 1. The lowest BCUT2D eigenvalue weighted by molar-refractivity contribution is -0.137. The third-order valence-electron chi connectivity index (χ3n) is 5.03. The van der Waals surface area contributed by atoms with Gasteiger partial charge in [0.05, 0.1) is 24.1 Å². The molecule has 5 nitrogen and oxygen atoms in total. The van der Waals surface area contributed by atoms with Gasteiger partial charge in [-0.25, -0.2) is 8.42 Å². The topological polar surface area (TPSA) is 66.5 Å². The number of benzene rings is 3. The van der Waals surface area contributed by atoms with E-state index in [1.807, 2.05) is 12.1 Å². The third-order valence-corrected chi connectivity index (χ3v) is 6.41. The number of nitrogens with zero attached hydrogens (tertiary/aromatic N) is 1. The van der Waals surface area contributed by atoms with Crippen molar-refractivity contribution in [3.63, 3.8) is 0 Å². The van der Waals surface area contributed by atoms with Crippen LogP contribution in [-0.4, -0.2) is 27.1 Å². The van der Waals surface area contributed by atoms with E-state index in [-0.39, 0.29) is 12.5 Å². The highest BCUT2D eigenvalue weighted by Gasteiger charge is 2.36. The number of carbonyl (C=O) groups is 1. The summed E-state index contributed by atoms with van der Waals surface area (Å²) in [5.41, 5.74) is 0.292. The molecule has 0 radical (unpaired) electrons. The standard InChI is InChI=1S/C24H22ClF3N2O3S/c1-34(32,33)30(22-5-3-2-4-21(22)24(26,27)28)16-18-6-10-19(11-7-18)23(31)29-15-14-17-8-12-20(25)13-9-17/h2-13H,14-16H2,1H3,(H,29,31). The van der Waals surface area contributed by atoms with Crippen LogP contribution in [0.15, 0.2) is 72.8 Å². The first kappa shape index (κ1) is 25.6. The van der Waals surface area contributed by atoms with Crippen molar-refractivity contribution in [3.8, 4) is 0 Å². The molecule has 1 N–H and O–H groups in total. The Labute approximate surface area is 201 Å². The minimum atomic E-state index is -4.71. The maximum Gasteiger partial charge on any atom is 0.418 e. The van der Waals surface area contributed by atoms with Crippen molar-refractivity contribution in [1.29, 1.82) is 0 Å². The van der Waals surface area contributed by atoms with Gasteiger partial charge >= 0.3 is 6.18 Å². The molecular formula is C24H22ClF3N2O3S. The van der Waals surface area contributed by atoms with E-state index < -0.39 is 27.5 Å². The Bertz CT molecular complexity index is 1250. The quantitative estimate of drug-likeness (QED) is 0.447. The first-order valence-corrected chi connectivity index (χ1v) is 12.4. The van der Waals surface area contributed by atoms with Crippen LogP contribution in [0.3, 0.4) is 0 Å². The zero-order valence-corrected chi connectivity index (χ0v) is 19.7. The average Bonchev–Trinajstić information content (AvgIpc) is 2.78. The number of rotatable bonds is 8. The van der Waals surface area contributed by atoms with Gasteiger partial charge in [0.25, 0.3) is 5.91 Å². The maximum absolute atomic E-state index is 13.4. The van der Waals surface area contributed by atoms with E-state index in [0.717, 1.165) is 24.0 Å². The number of carbonyl (C=O) groups excluding carboxylic acids is 1. The Kier molecular flexibility index (Phi) is 7.89. The Morgan fingerprint density at radius 1 is 0.941 bits per heavy atom. The second-order valence-electron chi connectivity index (χ2n) is 7.61. The molecule has 0 saturated heterocycles. The highest BCUT2D eigenvalue weighted by atomic mass is 35.5. The van der Waals surface area contributed by atoms with E-state index >= 15 is 0 Å². The zero-order chi connectivity index (χ0) is 24.9. The van der Waals surface area contributed by atoms with Crippen LogP contribution in [0, 0.1) is 0 Å². The molecule has 0 fully saturated rings. The summed E-state index contributed by atoms with van der Waals surface area (Å²) in [5.74, 6) is -0.317. The van der Waals surface area contributed by atoms with E-state index in [2.05, 4.69) is 5.32 Å². The lowest BCUT2D eigenvalue weighted by Gasteiger charge is -2.25. The summed E-state index contributed by atoms with van der Waals surface area (Å²) in [6, 6.07) is 17.8. The third kappa shape index (κ3) is 6.74. The molecule has 0 saturated carbocycles. The number of nitrogens with one attached hydrogen (secondary N) is 1. The van der Waals surface area contributed by atoms with Gasteiger partial charge in [0.2, 0.25) is 10.0 Å². The van der Waals surface area contributed by atoms with Gasteiger partial charge in [0.1, 0.15) is 0 Å². The largest absolute Gasteiger partial charge is 0.418 e. The number of hydrogen-bond acceptors (Lipinski definition) is 3. The summed E-state index contributed by atoms with van der Waals surface area (Å²) in [6.07, 6.45) is -3.25. The van der Waals surface area contributed by atoms with Gasteiger partial charge in [-0.2, -0.15) is 13.2 Å². The molecule has 0 unspecified atom stereocenters. The Hall–Kier alpha value is -3.04. The molecule has 0 spiro atoms. The first-order valence-electron chi connectivity index (χ1n) is 10.2. The molecule has 0 aliphatic rings. The highest BCUT2D eigenvalue weighted by molar-refractivity contribution is 7.92. The fraction of sp³-hybridized carbons (Fsp3) is 0.208. The van der Waals surface area contributed by atoms with Gasteiger partial charge in [-0.05, 0) is 53.9 Å². The van der Waals surface area contributed by atoms with Crippen molar-refractivity contribution in [2.24, 2.45) is 0 Å². The van der Waals surface area contributed by atoms with Gasteiger partial charge in [0, 0.05) is 17.1 Å². The normalized spacial score (nSPS) is 11.8. The molecule has 0 heterocycles. The summed E-state index contributed by atoms with van der Waals surface area (Å²) in [4.78, 5) is 12.4. The lowest BCUT2D eigenvalue weighted by atomic mass is 10.1. The Morgan fingerprint density at radius 2 is 1.53 bits per heavy atom. The number of amides is 1. The van der Waals surface area contributed by atoms with Crippen LogP contribution in [0.1, 0.15) is 27.0 Å². The highest BCUT2D eigenvalue weighted by Crippen LogP contribution is 2.37. The number of alkyl halides is 3. The average molecular weight is 511 g/mol. The summed E-state index contributed by atoms with van der Waals surface area (Å²) < 4.78 is 65.7. The molecule has 10 heteroatoms. The molecule has 0 atom stereocenters. The summed E-state index contributed by atoms with van der Waals surface area (Å²) in [7, 11) is -4.02. The van der Waals surface area contributed by atoms with Crippen LogP contribution >= 0.6 is 11.6 Å². The van der Waals surface area contributed by atoms with E-state index in [0.29, 0.717) is 33.4 Å². The Morgan fingerprint density at radius 3 is 2.12 bits per heavy atom. The SMILES string of the molecule is CS(=O)(=O)N(Cc1ccc(C(=O)NCCc2ccc(Cl)cc2)cc1)c1ccccc1C(F)(F)F. The van der Waals surface area contributed by atoms with Crippen LogP contribution in [0.5, 0.6) is 0 Å². The van der Waals surface area contributed by atoms with Crippen LogP contribution in [0.2, 0.25) is 5.02 Å². The second-order valence-corrected chi connectivity index (χ2v) is 9.96.